The number of urea groups is 1. The van der Waals surface area contributed by atoms with Gasteiger partial charge in [0.2, 0.25) is 0 Å². The van der Waals surface area contributed by atoms with Crippen molar-refractivity contribution in [3.05, 3.63) is 34.3 Å². The SMILES string of the molecule is CC(CCC(=O)O)NC(=O)N(C)Cc1ccc(Br)cc1. The smallest absolute Gasteiger partial charge is 0.317 e. The fourth-order valence-electron chi connectivity index (χ4n) is 1.67. The van der Waals surface area contributed by atoms with E-state index in [1.807, 2.05) is 24.3 Å². The van der Waals surface area contributed by atoms with Crippen LogP contribution in [0.2, 0.25) is 0 Å². The van der Waals surface area contributed by atoms with E-state index in [2.05, 4.69) is 21.2 Å². The highest BCUT2D eigenvalue weighted by Gasteiger charge is 2.13. The molecule has 6 heteroatoms. The summed E-state index contributed by atoms with van der Waals surface area (Å²) >= 11 is 3.36. The summed E-state index contributed by atoms with van der Waals surface area (Å²) in [5.41, 5.74) is 1.03. The van der Waals surface area contributed by atoms with Gasteiger partial charge in [-0.25, -0.2) is 4.79 Å². The van der Waals surface area contributed by atoms with Crippen molar-refractivity contribution in [2.45, 2.75) is 32.4 Å². The zero-order valence-electron chi connectivity index (χ0n) is 11.6. The van der Waals surface area contributed by atoms with Gasteiger partial charge in [0, 0.05) is 30.5 Å². The van der Waals surface area contributed by atoms with Gasteiger partial charge in [-0.2, -0.15) is 0 Å². The lowest BCUT2D eigenvalue weighted by molar-refractivity contribution is -0.137. The van der Waals surface area contributed by atoms with E-state index in [4.69, 9.17) is 5.11 Å². The highest BCUT2D eigenvalue weighted by atomic mass is 79.9. The second kappa shape index (κ2) is 7.89. The molecule has 1 unspecified atom stereocenters. The molecule has 0 heterocycles. The van der Waals surface area contributed by atoms with E-state index < -0.39 is 5.97 Å². The number of nitrogens with one attached hydrogen (secondary N) is 1. The third kappa shape index (κ3) is 6.06. The van der Waals surface area contributed by atoms with Gasteiger partial charge in [-0.15, -0.1) is 0 Å². The summed E-state index contributed by atoms with van der Waals surface area (Å²) < 4.78 is 0.996. The van der Waals surface area contributed by atoms with E-state index >= 15 is 0 Å². The minimum Gasteiger partial charge on any atom is -0.481 e. The molecule has 1 rings (SSSR count). The maximum absolute atomic E-state index is 11.9. The number of aliphatic carboxylic acids is 1. The van der Waals surface area contributed by atoms with E-state index in [0.717, 1.165) is 10.0 Å². The number of hydrogen-bond acceptors (Lipinski definition) is 2. The normalized spacial score (nSPS) is 11.8. The van der Waals surface area contributed by atoms with Gasteiger partial charge in [0.05, 0.1) is 0 Å². The van der Waals surface area contributed by atoms with Gasteiger partial charge in [-0.3, -0.25) is 4.79 Å². The molecule has 0 spiro atoms. The maximum atomic E-state index is 11.9. The molecule has 1 aromatic rings. The van der Waals surface area contributed by atoms with Crippen LogP contribution >= 0.6 is 15.9 Å². The van der Waals surface area contributed by atoms with Crippen LogP contribution in [0.4, 0.5) is 4.79 Å². The molecule has 2 amide bonds. The topological polar surface area (TPSA) is 69.6 Å². The van der Waals surface area contributed by atoms with Crippen molar-refractivity contribution < 1.29 is 14.7 Å². The summed E-state index contributed by atoms with van der Waals surface area (Å²) in [6.07, 6.45) is 0.477. The van der Waals surface area contributed by atoms with Gasteiger partial charge in [0.1, 0.15) is 0 Å². The summed E-state index contributed by atoms with van der Waals surface area (Å²) in [6.45, 7) is 2.30. The van der Waals surface area contributed by atoms with Gasteiger partial charge < -0.3 is 15.3 Å². The number of halogens is 1. The molecule has 1 atom stereocenters. The van der Waals surface area contributed by atoms with Gasteiger partial charge in [-0.05, 0) is 31.0 Å². The van der Waals surface area contributed by atoms with Crippen molar-refractivity contribution in [2.75, 3.05) is 7.05 Å². The zero-order valence-corrected chi connectivity index (χ0v) is 13.2. The van der Waals surface area contributed by atoms with Gasteiger partial charge in [0.25, 0.3) is 0 Å². The quantitative estimate of drug-likeness (QED) is 0.835. The van der Waals surface area contributed by atoms with E-state index in [-0.39, 0.29) is 18.5 Å². The maximum Gasteiger partial charge on any atom is 0.317 e. The minimum absolute atomic E-state index is 0.0534. The van der Waals surface area contributed by atoms with Crippen LogP contribution in [0.1, 0.15) is 25.3 Å². The van der Waals surface area contributed by atoms with Gasteiger partial charge in [0.15, 0.2) is 0 Å². The molecular weight excluding hydrogens is 324 g/mol. The Hall–Kier alpha value is -1.56. The Bertz CT molecular complexity index is 462. The van der Waals surface area contributed by atoms with Crippen molar-refractivity contribution in [3.63, 3.8) is 0 Å². The lowest BCUT2D eigenvalue weighted by Crippen LogP contribution is -2.41. The standard InChI is InChI=1S/C14H19BrN2O3/c1-10(3-8-13(18)19)16-14(20)17(2)9-11-4-6-12(15)7-5-11/h4-7,10H,3,8-9H2,1-2H3,(H,16,20)(H,18,19). The summed E-state index contributed by atoms with van der Waals surface area (Å²) in [4.78, 5) is 24.0. The minimum atomic E-state index is -0.852. The van der Waals surface area contributed by atoms with E-state index in [1.165, 1.54) is 0 Å². The van der Waals surface area contributed by atoms with E-state index in [0.29, 0.717) is 13.0 Å². The number of carboxylic acids is 1. The molecule has 0 fully saturated rings. The van der Waals surface area contributed by atoms with E-state index in [1.54, 1.807) is 18.9 Å². The number of rotatable bonds is 6. The van der Waals surface area contributed by atoms with Crippen molar-refractivity contribution >= 4 is 27.9 Å². The Labute approximate surface area is 127 Å². The number of benzene rings is 1. The Morgan fingerprint density at radius 2 is 1.95 bits per heavy atom. The van der Waals surface area contributed by atoms with Crippen molar-refractivity contribution in [2.24, 2.45) is 0 Å². The molecule has 110 valence electrons. The zero-order chi connectivity index (χ0) is 15.1. The van der Waals surface area contributed by atoms with Crippen LogP contribution in [-0.2, 0) is 11.3 Å². The van der Waals surface area contributed by atoms with Crippen LogP contribution in [0.3, 0.4) is 0 Å². The van der Waals surface area contributed by atoms with Gasteiger partial charge in [-0.1, -0.05) is 28.1 Å². The predicted octanol–water partition coefficient (Wildman–Crippen LogP) is 2.84. The van der Waals surface area contributed by atoms with Crippen LogP contribution in [0, 0.1) is 0 Å². The fraction of sp³-hybridized carbons (Fsp3) is 0.429. The average molecular weight is 343 g/mol. The Kier molecular flexibility index (Phi) is 6.51. The largest absolute Gasteiger partial charge is 0.481 e. The third-order valence-electron chi connectivity index (χ3n) is 2.84. The Morgan fingerprint density at radius 1 is 1.35 bits per heavy atom. The third-order valence-corrected chi connectivity index (χ3v) is 3.37. The number of nitrogens with zero attached hydrogens (tertiary/aromatic N) is 1. The molecule has 20 heavy (non-hydrogen) atoms. The highest BCUT2D eigenvalue weighted by Crippen LogP contribution is 2.11. The predicted molar refractivity (Wildman–Crippen MR) is 80.5 cm³/mol. The molecule has 0 bridgehead atoms. The molecule has 5 nitrogen and oxygen atoms in total. The van der Waals surface area contributed by atoms with Crippen LogP contribution < -0.4 is 5.32 Å². The first-order valence-electron chi connectivity index (χ1n) is 6.36. The number of hydrogen-bond donors (Lipinski definition) is 2. The monoisotopic (exact) mass is 342 g/mol. The Morgan fingerprint density at radius 3 is 2.50 bits per heavy atom. The molecular formula is C14H19BrN2O3. The van der Waals surface area contributed by atoms with Crippen LogP contribution in [0.25, 0.3) is 0 Å². The molecule has 0 aromatic heterocycles. The van der Waals surface area contributed by atoms with E-state index in [9.17, 15) is 9.59 Å². The van der Waals surface area contributed by atoms with Crippen molar-refractivity contribution in [1.82, 2.24) is 10.2 Å². The summed E-state index contributed by atoms with van der Waals surface area (Å²) in [6, 6.07) is 7.38. The summed E-state index contributed by atoms with van der Waals surface area (Å²) in [7, 11) is 1.71. The highest BCUT2D eigenvalue weighted by molar-refractivity contribution is 9.10. The Balaban J connectivity index is 2.42. The lowest BCUT2D eigenvalue weighted by Gasteiger charge is -2.21. The number of amides is 2. The molecule has 0 saturated heterocycles. The molecule has 0 aliphatic carbocycles. The molecule has 0 radical (unpaired) electrons. The fourth-order valence-corrected chi connectivity index (χ4v) is 1.93. The average Bonchev–Trinajstić information content (AvgIpc) is 2.39. The molecule has 1 aromatic carbocycles. The first-order valence-corrected chi connectivity index (χ1v) is 7.15. The first-order chi connectivity index (χ1) is 9.38. The number of carbonyl (C=O) groups is 2. The summed E-state index contributed by atoms with van der Waals surface area (Å²) in [5.74, 6) is -0.852. The van der Waals surface area contributed by atoms with Crippen molar-refractivity contribution in [1.29, 1.82) is 0 Å². The first kappa shape index (κ1) is 16.5. The van der Waals surface area contributed by atoms with Crippen LogP contribution in [0.15, 0.2) is 28.7 Å². The van der Waals surface area contributed by atoms with Crippen LogP contribution in [0.5, 0.6) is 0 Å². The molecule has 0 aliphatic rings. The summed E-state index contributed by atoms with van der Waals surface area (Å²) in [5, 5.41) is 11.4. The molecule has 0 saturated carbocycles. The lowest BCUT2D eigenvalue weighted by atomic mass is 10.2. The van der Waals surface area contributed by atoms with Crippen LogP contribution in [-0.4, -0.2) is 35.1 Å². The van der Waals surface area contributed by atoms with Crippen molar-refractivity contribution in [3.8, 4) is 0 Å². The second-order valence-corrected chi connectivity index (χ2v) is 5.68. The number of carboxylic acid groups (broad SMARTS) is 1. The van der Waals surface area contributed by atoms with Gasteiger partial charge >= 0.3 is 12.0 Å². The molecule has 0 aliphatic heterocycles. The second-order valence-electron chi connectivity index (χ2n) is 4.77. The number of carbonyl (C=O) groups excluding carboxylic acids is 1. The molecule has 2 N–H and O–H groups in total.